The van der Waals surface area contributed by atoms with Crippen LogP contribution in [0.4, 0.5) is 4.79 Å². The van der Waals surface area contributed by atoms with Crippen LogP contribution < -0.4 is 45.7 Å². The number of ether oxygens (including phenoxy) is 1. The zero-order chi connectivity index (χ0) is 18.8. The van der Waals surface area contributed by atoms with Crippen molar-refractivity contribution in [3.05, 3.63) is 33.7 Å². The van der Waals surface area contributed by atoms with Gasteiger partial charge in [-0.15, -0.1) is 23.1 Å². The molecule has 2 aliphatic rings. The molecular weight excluding hydrogens is 405 g/mol. The minimum Gasteiger partial charge on any atom is -0.543 e. The molecule has 0 saturated carbocycles. The van der Waals surface area contributed by atoms with E-state index in [0.29, 0.717) is 0 Å². The number of carbonyl (C=O) groups is 4. The number of rotatable bonds is 6. The maximum absolute atomic E-state index is 12.4. The number of carboxylic acids is 1. The molecule has 27 heavy (non-hydrogen) atoms. The Morgan fingerprint density at radius 1 is 1.41 bits per heavy atom. The van der Waals surface area contributed by atoms with Gasteiger partial charge in [-0.2, -0.15) is 0 Å². The third-order valence-electron chi connectivity index (χ3n) is 3.86. The standard InChI is InChI=1S/C15H15N3O6S2.Na/c16-15(23)24-5-7-6-26-13-10(12(20)18(13)11(7)14(21)22)17-9(19)4-8-2-1-3-25-8;/h1-3,10,13H,4-6H2,(H2,16,23)(H,17,19)(H,21,22);/q;+1/p-1/t10-,13-;/m1./s1. The number of hydrogen-bond acceptors (Lipinski definition) is 8. The molecule has 3 amide bonds. The number of carboxylic acid groups (broad SMARTS) is 1. The first kappa shape index (κ1) is 21.8. The number of β-lactam (4-membered cyclic amide) rings is 1. The second-order valence-electron chi connectivity index (χ2n) is 5.56. The number of thiophene rings is 1. The maximum atomic E-state index is 12.4. The summed E-state index contributed by atoms with van der Waals surface area (Å²) in [6, 6.07) is 2.84. The van der Waals surface area contributed by atoms with Crippen molar-refractivity contribution >= 4 is 47.0 Å². The molecule has 1 saturated heterocycles. The van der Waals surface area contributed by atoms with Crippen LogP contribution in [-0.4, -0.2) is 52.6 Å². The number of nitrogens with zero attached hydrogens (tertiary/aromatic N) is 1. The average molecular weight is 419 g/mol. The van der Waals surface area contributed by atoms with Crippen molar-refractivity contribution in [2.24, 2.45) is 5.73 Å². The van der Waals surface area contributed by atoms with Gasteiger partial charge in [-0.05, 0) is 11.4 Å². The van der Waals surface area contributed by atoms with Gasteiger partial charge in [0, 0.05) is 16.2 Å². The van der Waals surface area contributed by atoms with E-state index < -0.39 is 29.4 Å². The Bertz CT molecular complexity index is 797. The second-order valence-corrected chi connectivity index (χ2v) is 7.70. The number of hydrogen-bond donors (Lipinski definition) is 2. The third-order valence-corrected chi connectivity index (χ3v) is 6.08. The molecule has 12 heteroatoms. The smallest absolute Gasteiger partial charge is 0.543 e. The summed E-state index contributed by atoms with van der Waals surface area (Å²) >= 11 is 2.70. The first-order chi connectivity index (χ1) is 12.4. The van der Waals surface area contributed by atoms with Gasteiger partial charge in [0.05, 0.1) is 18.1 Å². The first-order valence-electron chi connectivity index (χ1n) is 7.50. The van der Waals surface area contributed by atoms with Gasteiger partial charge in [0.25, 0.3) is 5.91 Å². The molecule has 3 N–H and O–H groups in total. The number of nitrogens with one attached hydrogen (secondary N) is 1. The van der Waals surface area contributed by atoms with E-state index in [4.69, 9.17) is 5.73 Å². The number of carbonyl (C=O) groups excluding carboxylic acids is 4. The Hall–Kier alpha value is -1.53. The molecule has 2 aliphatic heterocycles. The zero-order valence-corrected chi connectivity index (χ0v) is 17.9. The Morgan fingerprint density at radius 3 is 2.74 bits per heavy atom. The number of fused-ring (bicyclic) bond motifs is 1. The van der Waals surface area contributed by atoms with Crippen molar-refractivity contribution in [3.63, 3.8) is 0 Å². The molecule has 0 radical (unpaired) electrons. The summed E-state index contributed by atoms with van der Waals surface area (Å²) in [6.45, 7) is -0.336. The van der Waals surface area contributed by atoms with Crippen LogP contribution in [-0.2, 0) is 25.5 Å². The summed E-state index contributed by atoms with van der Waals surface area (Å²) in [4.78, 5) is 48.6. The molecular formula is C15H14N3NaO6S2. The van der Waals surface area contributed by atoms with Crippen molar-refractivity contribution in [2.75, 3.05) is 12.4 Å². The van der Waals surface area contributed by atoms with Gasteiger partial charge in [0.15, 0.2) is 0 Å². The van der Waals surface area contributed by atoms with E-state index >= 15 is 0 Å². The Kier molecular flexibility index (Phi) is 7.34. The minimum absolute atomic E-state index is 0. The SMILES string of the molecule is NC(=O)OCC1=C(C(=O)[O-])N2C(=O)[C@@H](NC(=O)Cc3cccs3)[C@H]2SC1.[Na+]. The maximum Gasteiger partial charge on any atom is 1.00 e. The summed E-state index contributed by atoms with van der Waals surface area (Å²) in [6.07, 6.45) is -0.893. The van der Waals surface area contributed by atoms with E-state index in [1.807, 2.05) is 17.5 Å². The van der Waals surface area contributed by atoms with Gasteiger partial charge in [0.2, 0.25) is 5.91 Å². The minimum atomic E-state index is -1.55. The molecule has 3 heterocycles. The van der Waals surface area contributed by atoms with Gasteiger partial charge in [-0.3, -0.25) is 14.5 Å². The van der Waals surface area contributed by atoms with Gasteiger partial charge in [-0.1, -0.05) is 6.07 Å². The summed E-state index contributed by atoms with van der Waals surface area (Å²) < 4.78 is 4.62. The number of nitrogens with two attached hydrogens (primary N) is 1. The molecule has 1 aromatic heterocycles. The number of amides is 3. The van der Waals surface area contributed by atoms with E-state index in [1.54, 1.807) is 0 Å². The molecule has 0 spiro atoms. The van der Waals surface area contributed by atoms with Crippen LogP contribution >= 0.6 is 23.1 Å². The Balaban J connectivity index is 0.00000261. The Morgan fingerprint density at radius 2 is 2.15 bits per heavy atom. The van der Waals surface area contributed by atoms with E-state index in [0.717, 1.165) is 9.78 Å². The van der Waals surface area contributed by atoms with Crippen LogP contribution in [0, 0.1) is 0 Å². The summed E-state index contributed by atoms with van der Waals surface area (Å²) in [7, 11) is 0. The Labute approximate surface area is 184 Å². The number of thioether (sulfide) groups is 1. The predicted molar refractivity (Wildman–Crippen MR) is 90.6 cm³/mol. The molecule has 0 aliphatic carbocycles. The van der Waals surface area contributed by atoms with Gasteiger partial charge in [-0.25, -0.2) is 4.79 Å². The topological polar surface area (TPSA) is 142 Å². The zero-order valence-electron chi connectivity index (χ0n) is 14.3. The van der Waals surface area contributed by atoms with Crippen LogP contribution in [0.2, 0.25) is 0 Å². The van der Waals surface area contributed by atoms with Crippen molar-refractivity contribution in [1.29, 1.82) is 0 Å². The van der Waals surface area contributed by atoms with Crippen LogP contribution in [0.1, 0.15) is 4.88 Å². The molecule has 1 aromatic rings. The largest absolute Gasteiger partial charge is 1.00 e. The van der Waals surface area contributed by atoms with E-state index in [-0.39, 0.29) is 65.5 Å². The van der Waals surface area contributed by atoms with Gasteiger partial charge >= 0.3 is 35.7 Å². The quantitative estimate of drug-likeness (QED) is 0.352. The van der Waals surface area contributed by atoms with E-state index in [2.05, 4.69) is 10.1 Å². The average Bonchev–Trinajstić information content (AvgIpc) is 3.09. The molecule has 2 atom stereocenters. The van der Waals surface area contributed by atoms with Crippen LogP contribution in [0.15, 0.2) is 28.8 Å². The summed E-state index contributed by atoms with van der Waals surface area (Å²) in [5.41, 5.74) is 4.78. The molecule has 0 aromatic carbocycles. The molecule has 1 fully saturated rings. The first-order valence-corrected chi connectivity index (χ1v) is 9.43. The van der Waals surface area contributed by atoms with Crippen molar-refractivity contribution in [1.82, 2.24) is 10.2 Å². The molecule has 9 nitrogen and oxygen atoms in total. The number of aliphatic carboxylic acids is 1. The van der Waals surface area contributed by atoms with Gasteiger partial charge < -0.3 is 25.7 Å². The van der Waals surface area contributed by atoms with Crippen molar-refractivity contribution in [3.8, 4) is 0 Å². The molecule has 0 bridgehead atoms. The third kappa shape index (κ3) is 4.66. The second kappa shape index (κ2) is 9.11. The monoisotopic (exact) mass is 419 g/mol. The van der Waals surface area contributed by atoms with Crippen molar-refractivity contribution in [2.45, 2.75) is 17.8 Å². The normalized spacial score (nSPS) is 20.9. The van der Waals surface area contributed by atoms with Crippen LogP contribution in [0.3, 0.4) is 0 Å². The fourth-order valence-corrected chi connectivity index (χ4v) is 4.77. The van der Waals surface area contributed by atoms with Crippen LogP contribution in [0.5, 0.6) is 0 Å². The summed E-state index contributed by atoms with van der Waals surface area (Å²) in [5.74, 6) is -2.19. The van der Waals surface area contributed by atoms with Gasteiger partial charge in [0.1, 0.15) is 18.0 Å². The van der Waals surface area contributed by atoms with E-state index in [1.165, 1.54) is 23.1 Å². The fraction of sp³-hybridized carbons (Fsp3) is 0.333. The molecule has 0 unspecified atom stereocenters. The van der Waals surface area contributed by atoms with Crippen molar-refractivity contribution < 1.29 is 58.6 Å². The van der Waals surface area contributed by atoms with E-state index in [9.17, 15) is 24.3 Å². The van der Waals surface area contributed by atoms with Crippen LogP contribution in [0.25, 0.3) is 0 Å². The number of primary amides is 1. The molecule has 3 rings (SSSR count). The fourth-order valence-electron chi connectivity index (χ4n) is 2.74. The molecule has 138 valence electrons. The predicted octanol–water partition coefficient (Wildman–Crippen LogP) is -4.21. The summed E-state index contributed by atoms with van der Waals surface area (Å²) in [5, 5.41) is 15.4.